The smallest absolute Gasteiger partial charge is 0.291 e. The quantitative estimate of drug-likeness (QED) is 0.276. The van der Waals surface area contributed by atoms with Gasteiger partial charge >= 0.3 is 0 Å². The highest BCUT2D eigenvalue weighted by Gasteiger charge is 2.20. The summed E-state index contributed by atoms with van der Waals surface area (Å²) in [6.07, 6.45) is 2.86. The van der Waals surface area contributed by atoms with Crippen molar-refractivity contribution in [3.63, 3.8) is 0 Å². The van der Waals surface area contributed by atoms with Crippen LogP contribution in [0.4, 0.5) is 22.7 Å². The van der Waals surface area contributed by atoms with Gasteiger partial charge in [0.2, 0.25) is 0 Å². The molecule has 8 heteroatoms. The molecule has 0 unspecified atom stereocenters. The molecule has 2 heterocycles. The first-order valence-corrected chi connectivity index (χ1v) is 11.4. The third kappa shape index (κ3) is 5.33. The van der Waals surface area contributed by atoms with Gasteiger partial charge in [0.15, 0.2) is 11.5 Å². The van der Waals surface area contributed by atoms with Gasteiger partial charge in [-0.3, -0.25) is 19.3 Å². The van der Waals surface area contributed by atoms with Gasteiger partial charge < -0.3 is 19.5 Å². The van der Waals surface area contributed by atoms with E-state index in [0.29, 0.717) is 28.3 Å². The van der Waals surface area contributed by atoms with Crippen LogP contribution in [0.1, 0.15) is 31.5 Å². The van der Waals surface area contributed by atoms with Crippen molar-refractivity contribution in [2.24, 2.45) is 0 Å². The Balaban J connectivity index is 1.40. The number of nitrogens with one attached hydrogen (secondary N) is 2. The monoisotopic (exact) mass is 491 g/mol. The highest BCUT2D eigenvalue weighted by atomic mass is 16.3. The number of anilines is 4. The molecule has 0 saturated heterocycles. The summed E-state index contributed by atoms with van der Waals surface area (Å²) in [5.74, 6) is -0.585. The van der Waals surface area contributed by atoms with E-state index < -0.39 is 0 Å². The van der Waals surface area contributed by atoms with Crippen LogP contribution in [0.3, 0.4) is 0 Å². The summed E-state index contributed by atoms with van der Waals surface area (Å²) < 4.78 is 10.3. The minimum Gasteiger partial charge on any atom is -0.459 e. The molecule has 0 spiro atoms. The maximum absolute atomic E-state index is 13.5. The van der Waals surface area contributed by atoms with Crippen LogP contribution in [0.2, 0.25) is 0 Å². The Hall–Kier alpha value is -5.37. The van der Waals surface area contributed by atoms with Crippen molar-refractivity contribution < 1.29 is 23.2 Å². The Bertz CT molecular complexity index is 1400. The molecule has 0 atom stereocenters. The van der Waals surface area contributed by atoms with Gasteiger partial charge in [0, 0.05) is 28.3 Å². The molecule has 5 rings (SSSR count). The number of hydrogen-bond acceptors (Lipinski definition) is 5. The molecular weight excluding hydrogens is 470 g/mol. The minimum absolute atomic E-state index is 0.198. The second-order valence-electron chi connectivity index (χ2n) is 7.96. The molecule has 2 N–H and O–H groups in total. The summed E-state index contributed by atoms with van der Waals surface area (Å²) in [6, 6.07) is 29.1. The third-order valence-corrected chi connectivity index (χ3v) is 5.48. The zero-order valence-electron chi connectivity index (χ0n) is 19.5. The van der Waals surface area contributed by atoms with Gasteiger partial charge in [-0.05, 0) is 84.9 Å². The normalized spacial score (nSPS) is 10.5. The summed E-state index contributed by atoms with van der Waals surface area (Å²) in [6.45, 7) is 0. The first-order valence-electron chi connectivity index (χ1n) is 11.4. The van der Waals surface area contributed by atoms with Gasteiger partial charge in [-0.25, -0.2) is 0 Å². The largest absolute Gasteiger partial charge is 0.459 e. The van der Waals surface area contributed by atoms with Gasteiger partial charge in [0.25, 0.3) is 17.7 Å². The zero-order chi connectivity index (χ0) is 25.6. The van der Waals surface area contributed by atoms with E-state index in [-0.39, 0.29) is 29.2 Å². The number of carbonyl (C=O) groups excluding carboxylic acids is 3. The average molecular weight is 492 g/mol. The molecule has 8 nitrogen and oxygen atoms in total. The van der Waals surface area contributed by atoms with Crippen molar-refractivity contribution in [3.05, 3.63) is 133 Å². The van der Waals surface area contributed by atoms with Crippen LogP contribution in [0.15, 0.2) is 124 Å². The van der Waals surface area contributed by atoms with E-state index in [9.17, 15) is 14.4 Å². The molecule has 3 amide bonds. The Kier molecular flexibility index (Phi) is 6.63. The summed E-state index contributed by atoms with van der Waals surface area (Å²) in [5, 5.41) is 5.53. The van der Waals surface area contributed by atoms with Gasteiger partial charge in [0.1, 0.15) is 0 Å². The number of rotatable bonds is 7. The van der Waals surface area contributed by atoms with Crippen LogP contribution in [-0.2, 0) is 0 Å². The minimum atomic E-state index is -0.373. The summed E-state index contributed by atoms with van der Waals surface area (Å²) in [4.78, 5) is 39.7. The first kappa shape index (κ1) is 23.4. The predicted octanol–water partition coefficient (Wildman–Crippen LogP) is 6.36. The van der Waals surface area contributed by atoms with Crippen molar-refractivity contribution in [1.29, 1.82) is 0 Å². The van der Waals surface area contributed by atoms with E-state index in [2.05, 4.69) is 10.6 Å². The summed E-state index contributed by atoms with van der Waals surface area (Å²) in [5.41, 5.74) is 2.80. The molecule has 0 saturated carbocycles. The molecule has 0 fully saturated rings. The van der Waals surface area contributed by atoms with Crippen LogP contribution in [-0.4, -0.2) is 17.7 Å². The Labute approximate surface area is 212 Å². The average Bonchev–Trinajstić information content (AvgIpc) is 3.66. The maximum atomic E-state index is 13.5. The highest BCUT2D eigenvalue weighted by molar-refractivity contribution is 6.11. The topological polar surface area (TPSA) is 105 Å². The molecule has 0 bridgehead atoms. The molecule has 0 aliphatic rings. The summed E-state index contributed by atoms with van der Waals surface area (Å²) in [7, 11) is 0. The molecule has 3 aromatic carbocycles. The third-order valence-electron chi connectivity index (χ3n) is 5.48. The van der Waals surface area contributed by atoms with Gasteiger partial charge in [-0.2, -0.15) is 0 Å². The van der Waals surface area contributed by atoms with Crippen LogP contribution >= 0.6 is 0 Å². The van der Waals surface area contributed by atoms with E-state index in [1.807, 2.05) is 6.07 Å². The van der Waals surface area contributed by atoms with E-state index in [1.165, 1.54) is 12.5 Å². The van der Waals surface area contributed by atoms with Crippen molar-refractivity contribution >= 4 is 40.5 Å². The molecular formula is C29H21N3O5. The second kappa shape index (κ2) is 10.5. The fourth-order valence-corrected chi connectivity index (χ4v) is 3.68. The molecule has 2 aromatic heterocycles. The van der Waals surface area contributed by atoms with Crippen molar-refractivity contribution in [3.8, 4) is 0 Å². The molecule has 182 valence electrons. The lowest BCUT2D eigenvalue weighted by molar-refractivity contribution is 0.0989. The molecule has 37 heavy (non-hydrogen) atoms. The number of benzene rings is 3. The highest BCUT2D eigenvalue weighted by Crippen LogP contribution is 2.30. The second-order valence-corrected chi connectivity index (χ2v) is 7.96. The van der Waals surface area contributed by atoms with E-state index in [4.69, 9.17) is 8.83 Å². The van der Waals surface area contributed by atoms with Gasteiger partial charge in [0.05, 0.1) is 12.5 Å². The number of nitrogens with zero attached hydrogens (tertiary/aromatic N) is 1. The van der Waals surface area contributed by atoms with Gasteiger partial charge in [-0.15, -0.1) is 0 Å². The van der Waals surface area contributed by atoms with Crippen LogP contribution in [0.25, 0.3) is 0 Å². The number of furan rings is 2. The lowest BCUT2D eigenvalue weighted by atomic mass is 10.1. The standard InChI is InChI=1S/C29H21N3O5/c33-27(25-8-4-18-36-25)30-21-10-14-23(15-11-21)32(29(35)20-6-2-1-3-7-20)24-16-12-22(13-17-24)31-28(34)26-9-5-19-37-26/h1-19H,(H,30,33)(H,31,34). The van der Waals surface area contributed by atoms with Crippen molar-refractivity contribution in [2.75, 3.05) is 15.5 Å². The predicted molar refractivity (Wildman–Crippen MR) is 139 cm³/mol. The maximum Gasteiger partial charge on any atom is 0.291 e. The van der Waals surface area contributed by atoms with Crippen LogP contribution < -0.4 is 15.5 Å². The zero-order valence-corrected chi connectivity index (χ0v) is 19.5. The number of hydrogen-bond donors (Lipinski definition) is 2. The molecule has 0 aliphatic heterocycles. The lowest BCUT2D eigenvalue weighted by Crippen LogP contribution is -2.26. The Morgan fingerprint density at radius 3 is 1.41 bits per heavy atom. The fraction of sp³-hybridized carbons (Fsp3) is 0. The molecule has 5 aromatic rings. The fourth-order valence-electron chi connectivity index (χ4n) is 3.68. The molecule has 0 aliphatic carbocycles. The van der Waals surface area contributed by atoms with Crippen LogP contribution in [0.5, 0.6) is 0 Å². The Morgan fingerprint density at radius 1 is 0.541 bits per heavy atom. The number of carbonyl (C=O) groups is 3. The van der Waals surface area contributed by atoms with Gasteiger partial charge in [-0.1, -0.05) is 18.2 Å². The number of amides is 3. The van der Waals surface area contributed by atoms with E-state index in [0.717, 1.165) is 0 Å². The van der Waals surface area contributed by atoms with Crippen LogP contribution in [0, 0.1) is 0 Å². The first-order chi connectivity index (χ1) is 18.1. The summed E-state index contributed by atoms with van der Waals surface area (Å²) >= 11 is 0. The Morgan fingerprint density at radius 2 is 1.00 bits per heavy atom. The van der Waals surface area contributed by atoms with E-state index in [1.54, 1.807) is 102 Å². The molecule has 0 radical (unpaired) electrons. The SMILES string of the molecule is O=C(Nc1ccc(N(C(=O)c2ccccc2)c2ccc(NC(=O)c3ccco3)cc2)cc1)c1ccco1. The van der Waals surface area contributed by atoms with Crippen molar-refractivity contribution in [1.82, 2.24) is 0 Å². The van der Waals surface area contributed by atoms with E-state index >= 15 is 0 Å². The lowest BCUT2D eigenvalue weighted by Gasteiger charge is -2.24. The van der Waals surface area contributed by atoms with Crippen molar-refractivity contribution in [2.45, 2.75) is 0 Å².